The molecule has 1 aromatic carbocycles. The monoisotopic (exact) mass is 472 g/mol. The van der Waals surface area contributed by atoms with E-state index in [1.54, 1.807) is 29.7 Å². The number of para-hydroxylation sites is 1. The van der Waals surface area contributed by atoms with E-state index in [-0.39, 0.29) is 17.5 Å². The average molecular weight is 473 g/mol. The van der Waals surface area contributed by atoms with Gasteiger partial charge < -0.3 is 9.64 Å². The normalized spacial score (nSPS) is 18.1. The van der Waals surface area contributed by atoms with Crippen molar-refractivity contribution in [1.82, 2.24) is 14.8 Å². The number of nitrogens with zero attached hydrogens (tertiary/aromatic N) is 4. The van der Waals surface area contributed by atoms with Crippen LogP contribution in [0.3, 0.4) is 0 Å². The molecular weight excluding hydrogens is 443 g/mol. The molecule has 3 heterocycles. The van der Waals surface area contributed by atoms with E-state index in [1.165, 1.54) is 35.3 Å². The Hall–Kier alpha value is -2.62. The number of anilines is 2. The predicted molar refractivity (Wildman–Crippen MR) is 127 cm³/mol. The largest absolute Gasteiger partial charge is 0.379 e. The maximum Gasteiger partial charge on any atom is 0.246 e. The van der Waals surface area contributed by atoms with Gasteiger partial charge in [0.25, 0.3) is 0 Å². The summed E-state index contributed by atoms with van der Waals surface area (Å²) in [5.74, 6) is -0.242. The highest BCUT2D eigenvalue weighted by atomic mass is 32.1. The van der Waals surface area contributed by atoms with Gasteiger partial charge >= 0.3 is 0 Å². The zero-order chi connectivity index (χ0) is 23.2. The molecule has 2 amide bonds. The van der Waals surface area contributed by atoms with Gasteiger partial charge in [-0.15, -0.1) is 11.3 Å². The third-order valence-corrected chi connectivity index (χ3v) is 6.90. The van der Waals surface area contributed by atoms with Gasteiger partial charge in [-0.25, -0.2) is 9.37 Å². The van der Waals surface area contributed by atoms with Gasteiger partial charge in [0.1, 0.15) is 5.82 Å². The van der Waals surface area contributed by atoms with E-state index in [4.69, 9.17) is 4.74 Å². The Bertz CT molecular complexity index is 997. The van der Waals surface area contributed by atoms with Crippen molar-refractivity contribution in [2.75, 3.05) is 50.8 Å². The fourth-order valence-electron chi connectivity index (χ4n) is 4.24. The van der Waals surface area contributed by atoms with Crippen molar-refractivity contribution in [3.05, 3.63) is 47.2 Å². The van der Waals surface area contributed by atoms with Crippen molar-refractivity contribution in [2.45, 2.75) is 19.8 Å². The lowest BCUT2D eigenvalue weighted by atomic mass is 9.96. The second kappa shape index (κ2) is 11.0. The van der Waals surface area contributed by atoms with Gasteiger partial charge in [-0.3, -0.25) is 19.4 Å². The van der Waals surface area contributed by atoms with Gasteiger partial charge in [0.2, 0.25) is 11.8 Å². The Morgan fingerprint density at radius 2 is 1.94 bits per heavy atom. The van der Waals surface area contributed by atoms with E-state index in [0.29, 0.717) is 16.7 Å². The van der Waals surface area contributed by atoms with Crippen molar-refractivity contribution in [3.63, 3.8) is 0 Å². The van der Waals surface area contributed by atoms with E-state index in [2.05, 4.69) is 9.88 Å². The summed E-state index contributed by atoms with van der Waals surface area (Å²) in [6, 6.07) is 6.10. The molecule has 9 heteroatoms. The number of likely N-dealkylation sites (tertiary alicyclic amines) is 1. The summed E-state index contributed by atoms with van der Waals surface area (Å²) in [6.07, 6.45) is 5.20. The highest BCUT2D eigenvalue weighted by molar-refractivity contribution is 7.14. The number of benzene rings is 1. The fourth-order valence-corrected chi connectivity index (χ4v) is 5.09. The molecule has 7 nitrogen and oxygen atoms in total. The fraction of sp³-hybridized carbons (Fsp3) is 0.458. The van der Waals surface area contributed by atoms with Gasteiger partial charge in [0.05, 0.1) is 24.6 Å². The number of amides is 2. The van der Waals surface area contributed by atoms with Crippen molar-refractivity contribution >= 4 is 40.0 Å². The molecule has 2 aromatic rings. The van der Waals surface area contributed by atoms with Crippen LogP contribution in [0.5, 0.6) is 0 Å². The average Bonchev–Trinajstić information content (AvgIpc) is 3.28. The van der Waals surface area contributed by atoms with E-state index < -0.39 is 5.82 Å². The first-order valence-corrected chi connectivity index (χ1v) is 12.2. The Labute approximate surface area is 197 Å². The van der Waals surface area contributed by atoms with Gasteiger partial charge in [-0.05, 0) is 37.0 Å². The number of hydrogen-bond acceptors (Lipinski definition) is 6. The third-order valence-electron chi connectivity index (χ3n) is 6.05. The molecule has 0 radical (unpaired) electrons. The molecule has 1 aromatic heterocycles. The molecule has 2 saturated heterocycles. The van der Waals surface area contributed by atoms with Crippen LogP contribution in [-0.4, -0.2) is 72.5 Å². The quantitative estimate of drug-likeness (QED) is 0.602. The van der Waals surface area contributed by atoms with Crippen LogP contribution < -0.4 is 4.90 Å². The van der Waals surface area contributed by atoms with E-state index >= 15 is 0 Å². The summed E-state index contributed by atoms with van der Waals surface area (Å²) in [4.78, 5) is 34.8. The van der Waals surface area contributed by atoms with Crippen LogP contribution in [0.25, 0.3) is 6.08 Å². The van der Waals surface area contributed by atoms with Gasteiger partial charge in [0, 0.05) is 51.1 Å². The van der Waals surface area contributed by atoms with Gasteiger partial charge in [-0.2, -0.15) is 0 Å². The number of ether oxygens (including phenoxy) is 1. The Morgan fingerprint density at radius 3 is 2.64 bits per heavy atom. The predicted octanol–water partition coefficient (Wildman–Crippen LogP) is 3.55. The summed E-state index contributed by atoms with van der Waals surface area (Å²) in [5, 5.41) is 2.12. The van der Waals surface area contributed by atoms with Crippen molar-refractivity contribution in [1.29, 1.82) is 0 Å². The van der Waals surface area contributed by atoms with Crippen LogP contribution in [-0.2, 0) is 14.3 Å². The third kappa shape index (κ3) is 6.04. The van der Waals surface area contributed by atoms with Crippen LogP contribution in [0.4, 0.5) is 15.2 Å². The molecular formula is C24H29FN4O3S. The first kappa shape index (κ1) is 23.5. The molecule has 0 saturated carbocycles. The molecule has 2 aliphatic heterocycles. The lowest BCUT2D eigenvalue weighted by Crippen LogP contribution is -2.43. The molecule has 0 bridgehead atoms. The van der Waals surface area contributed by atoms with E-state index in [1.807, 2.05) is 4.90 Å². The van der Waals surface area contributed by atoms with Crippen LogP contribution in [0.2, 0.25) is 0 Å². The minimum Gasteiger partial charge on any atom is -0.379 e. The Morgan fingerprint density at radius 1 is 1.21 bits per heavy atom. The van der Waals surface area contributed by atoms with Crippen molar-refractivity contribution in [2.24, 2.45) is 5.92 Å². The molecule has 0 aliphatic carbocycles. The first-order valence-electron chi connectivity index (χ1n) is 11.3. The SMILES string of the molecule is CC(=O)N(c1nc(C=CC(=O)N2CCC(CN3CCOCC3)CC2)cs1)c1ccccc1F. The van der Waals surface area contributed by atoms with Crippen molar-refractivity contribution in [3.8, 4) is 0 Å². The molecule has 4 rings (SSSR count). The number of carbonyl (C=O) groups is 2. The zero-order valence-corrected chi connectivity index (χ0v) is 19.6. The topological polar surface area (TPSA) is 66.0 Å². The van der Waals surface area contributed by atoms with Gasteiger partial charge in [-0.1, -0.05) is 12.1 Å². The molecule has 0 spiro atoms. The number of aromatic nitrogens is 1. The van der Waals surface area contributed by atoms with E-state index in [0.717, 1.165) is 58.8 Å². The second-order valence-corrected chi connectivity index (χ2v) is 9.21. The van der Waals surface area contributed by atoms with E-state index in [9.17, 15) is 14.0 Å². The summed E-state index contributed by atoms with van der Waals surface area (Å²) >= 11 is 1.23. The molecule has 0 atom stereocenters. The smallest absolute Gasteiger partial charge is 0.246 e. The Balaban J connectivity index is 1.33. The standard InChI is InChI=1S/C24H29FN4O3S/c1-18(30)29(22-5-3-2-4-21(22)25)24-26-20(17-33-24)6-7-23(31)28-10-8-19(9-11-28)16-27-12-14-32-15-13-27/h2-7,17,19H,8-16H2,1H3. The molecule has 2 aliphatic rings. The lowest BCUT2D eigenvalue weighted by Gasteiger charge is -2.35. The van der Waals surface area contributed by atoms with Crippen LogP contribution in [0, 0.1) is 11.7 Å². The summed E-state index contributed by atoms with van der Waals surface area (Å²) in [5.41, 5.74) is 0.721. The number of rotatable bonds is 6. The molecule has 0 N–H and O–H groups in total. The second-order valence-electron chi connectivity index (χ2n) is 8.38. The number of thiazole rings is 1. The Kier molecular flexibility index (Phi) is 7.85. The number of morpholine rings is 1. The lowest BCUT2D eigenvalue weighted by molar-refractivity contribution is -0.127. The van der Waals surface area contributed by atoms with Crippen LogP contribution >= 0.6 is 11.3 Å². The summed E-state index contributed by atoms with van der Waals surface area (Å²) < 4.78 is 19.6. The maximum absolute atomic E-state index is 14.2. The maximum atomic E-state index is 14.2. The summed E-state index contributed by atoms with van der Waals surface area (Å²) in [7, 11) is 0. The summed E-state index contributed by atoms with van der Waals surface area (Å²) in [6.45, 7) is 7.58. The minimum atomic E-state index is -0.493. The molecule has 176 valence electrons. The molecule has 33 heavy (non-hydrogen) atoms. The number of carbonyl (C=O) groups excluding carboxylic acids is 2. The van der Waals surface area contributed by atoms with Crippen molar-refractivity contribution < 1.29 is 18.7 Å². The molecule has 2 fully saturated rings. The highest BCUT2D eigenvalue weighted by Gasteiger charge is 2.24. The number of piperidine rings is 1. The van der Waals surface area contributed by atoms with Gasteiger partial charge in [0.15, 0.2) is 5.13 Å². The minimum absolute atomic E-state index is 0.0353. The van der Waals surface area contributed by atoms with Crippen LogP contribution in [0.15, 0.2) is 35.7 Å². The number of hydrogen-bond donors (Lipinski definition) is 0. The van der Waals surface area contributed by atoms with Crippen LogP contribution in [0.1, 0.15) is 25.5 Å². The highest BCUT2D eigenvalue weighted by Crippen LogP contribution is 2.31. The number of halogens is 1. The first-order chi connectivity index (χ1) is 16.0. The zero-order valence-electron chi connectivity index (χ0n) is 18.8. The molecule has 0 unspecified atom stereocenters.